The third-order valence-electron chi connectivity index (χ3n) is 4.80. The van der Waals surface area contributed by atoms with Crippen LogP contribution < -0.4 is 5.32 Å². The lowest BCUT2D eigenvalue weighted by Gasteiger charge is -2.19. The van der Waals surface area contributed by atoms with Crippen molar-refractivity contribution in [3.63, 3.8) is 0 Å². The fourth-order valence-electron chi connectivity index (χ4n) is 2.97. The Labute approximate surface area is 191 Å². The van der Waals surface area contributed by atoms with Crippen LogP contribution in [0.15, 0.2) is 77.0 Å². The Morgan fingerprint density at radius 2 is 1.82 bits per heavy atom. The average molecular weight is 448 g/mol. The summed E-state index contributed by atoms with van der Waals surface area (Å²) in [5.74, 6) is -0.887. The maximum atomic E-state index is 12.8. The highest BCUT2D eigenvalue weighted by Crippen LogP contribution is 2.22. The SMILES string of the molecule is CC(C)(C)c1ccc(C(=O)N/C(=C\c2cccc([N+](=O)[O-])c2)C(=O)OCc2ccco2)cc1. The molecule has 0 radical (unpaired) electrons. The maximum absolute atomic E-state index is 12.8. The van der Waals surface area contributed by atoms with Gasteiger partial charge in [-0.15, -0.1) is 0 Å². The van der Waals surface area contributed by atoms with Crippen molar-refractivity contribution < 1.29 is 23.7 Å². The minimum Gasteiger partial charge on any atom is -0.466 e. The number of nitrogens with zero attached hydrogens (tertiary/aromatic N) is 1. The first-order valence-corrected chi connectivity index (χ1v) is 10.2. The second-order valence-electron chi connectivity index (χ2n) is 8.35. The predicted octanol–water partition coefficient (Wildman–Crippen LogP) is 5.00. The molecule has 0 unspecified atom stereocenters. The molecular formula is C25H24N2O6. The summed E-state index contributed by atoms with van der Waals surface area (Å²) < 4.78 is 10.4. The molecule has 2 aromatic carbocycles. The molecule has 8 heteroatoms. The molecule has 0 spiro atoms. The molecular weight excluding hydrogens is 424 g/mol. The Balaban J connectivity index is 1.85. The van der Waals surface area contributed by atoms with E-state index in [4.69, 9.17) is 9.15 Å². The summed E-state index contributed by atoms with van der Waals surface area (Å²) in [5.41, 5.74) is 1.40. The number of hydrogen-bond donors (Lipinski definition) is 1. The standard InChI is InChI=1S/C25H24N2O6/c1-25(2,3)19-11-9-18(10-12-19)23(28)26-22(24(29)33-16-21-8-5-13-32-21)15-17-6-4-7-20(14-17)27(30)31/h4-15H,16H2,1-3H3,(H,26,28)/b22-15-. The van der Waals surface area contributed by atoms with Gasteiger partial charge in [0, 0.05) is 17.7 Å². The number of benzene rings is 2. The molecule has 33 heavy (non-hydrogen) atoms. The Morgan fingerprint density at radius 3 is 2.42 bits per heavy atom. The van der Waals surface area contributed by atoms with E-state index in [1.807, 2.05) is 12.1 Å². The van der Waals surface area contributed by atoms with E-state index < -0.39 is 16.8 Å². The quantitative estimate of drug-likeness (QED) is 0.236. The summed E-state index contributed by atoms with van der Waals surface area (Å²) in [4.78, 5) is 36.1. The molecule has 8 nitrogen and oxygen atoms in total. The summed E-state index contributed by atoms with van der Waals surface area (Å²) >= 11 is 0. The van der Waals surface area contributed by atoms with Gasteiger partial charge in [0.2, 0.25) is 0 Å². The van der Waals surface area contributed by atoms with Crippen LogP contribution in [0.2, 0.25) is 0 Å². The van der Waals surface area contributed by atoms with E-state index >= 15 is 0 Å². The molecule has 0 saturated carbocycles. The number of carbonyl (C=O) groups excluding carboxylic acids is 2. The number of nitro benzene ring substituents is 1. The Bertz CT molecular complexity index is 1170. The molecule has 1 aromatic heterocycles. The molecule has 1 amide bonds. The highest BCUT2D eigenvalue weighted by molar-refractivity contribution is 6.03. The van der Waals surface area contributed by atoms with E-state index in [2.05, 4.69) is 26.1 Å². The van der Waals surface area contributed by atoms with Crippen LogP contribution in [0.1, 0.15) is 48.0 Å². The third-order valence-corrected chi connectivity index (χ3v) is 4.80. The van der Waals surface area contributed by atoms with Crippen molar-refractivity contribution in [3.05, 3.63) is 105 Å². The van der Waals surface area contributed by atoms with E-state index in [1.165, 1.54) is 30.5 Å². The Hall–Kier alpha value is -4.20. The number of ether oxygens (including phenoxy) is 1. The third kappa shape index (κ3) is 6.39. The van der Waals surface area contributed by atoms with E-state index in [0.717, 1.165) is 5.56 Å². The smallest absolute Gasteiger partial charge is 0.355 e. The molecule has 3 rings (SSSR count). The monoisotopic (exact) mass is 448 g/mol. The summed E-state index contributed by atoms with van der Waals surface area (Å²) in [6, 6.07) is 16.1. The van der Waals surface area contributed by atoms with E-state index in [0.29, 0.717) is 16.9 Å². The molecule has 0 aliphatic heterocycles. The van der Waals surface area contributed by atoms with Crippen LogP contribution in [-0.2, 0) is 21.6 Å². The second kappa shape index (κ2) is 9.95. The van der Waals surface area contributed by atoms with Crippen molar-refractivity contribution in [2.24, 2.45) is 0 Å². The zero-order valence-electron chi connectivity index (χ0n) is 18.5. The lowest BCUT2D eigenvalue weighted by Crippen LogP contribution is -2.28. The molecule has 1 heterocycles. The first kappa shape index (κ1) is 23.5. The lowest BCUT2D eigenvalue weighted by molar-refractivity contribution is -0.384. The Morgan fingerprint density at radius 1 is 1.09 bits per heavy atom. The number of carbonyl (C=O) groups is 2. The van der Waals surface area contributed by atoms with E-state index in [1.54, 1.807) is 30.3 Å². The number of rotatable bonds is 7. The topological polar surface area (TPSA) is 112 Å². The molecule has 170 valence electrons. The first-order chi connectivity index (χ1) is 15.6. The van der Waals surface area contributed by atoms with Gasteiger partial charge in [-0.2, -0.15) is 0 Å². The summed E-state index contributed by atoms with van der Waals surface area (Å²) in [5, 5.41) is 13.6. The Kier molecular flexibility index (Phi) is 7.07. The number of nitrogens with one attached hydrogen (secondary N) is 1. The van der Waals surface area contributed by atoms with Crippen molar-refractivity contribution in [1.82, 2.24) is 5.32 Å². The summed E-state index contributed by atoms with van der Waals surface area (Å²) in [7, 11) is 0. The van der Waals surface area contributed by atoms with Crippen LogP contribution in [0.4, 0.5) is 5.69 Å². The van der Waals surface area contributed by atoms with Crippen molar-refractivity contribution >= 4 is 23.6 Å². The molecule has 1 N–H and O–H groups in total. The van der Waals surface area contributed by atoms with Gasteiger partial charge in [0.05, 0.1) is 11.2 Å². The van der Waals surface area contributed by atoms with Crippen molar-refractivity contribution in [2.75, 3.05) is 0 Å². The van der Waals surface area contributed by atoms with Crippen LogP contribution in [0.5, 0.6) is 0 Å². The van der Waals surface area contributed by atoms with E-state index in [-0.39, 0.29) is 23.4 Å². The van der Waals surface area contributed by atoms with Crippen LogP contribution >= 0.6 is 0 Å². The lowest BCUT2D eigenvalue weighted by atomic mass is 9.87. The van der Waals surface area contributed by atoms with Crippen LogP contribution in [0, 0.1) is 10.1 Å². The molecule has 0 bridgehead atoms. The van der Waals surface area contributed by atoms with Gasteiger partial charge in [0.25, 0.3) is 11.6 Å². The maximum Gasteiger partial charge on any atom is 0.355 e. The predicted molar refractivity (Wildman–Crippen MR) is 122 cm³/mol. The zero-order valence-corrected chi connectivity index (χ0v) is 18.5. The number of esters is 1. The van der Waals surface area contributed by atoms with Crippen LogP contribution in [-0.4, -0.2) is 16.8 Å². The minimum absolute atomic E-state index is 0.0717. The molecule has 0 saturated heterocycles. The van der Waals surface area contributed by atoms with Crippen molar-refractivity contribution in [2.45, 2.75) is 32.8 Å². The molecule has 0 aliphatic carbocycles. The number of furan rings is 1. The highest BCUT2D eigenvalue weighted by atomic mass is 16.6. The molecule has 0 atom stereocenters. The van der Waals surface area contributed by atoms with Gasteiger partial charge in [-0.1, -0.05) is 45.0 Å². The zero-order chi connectivity index (χ0) is 24.0. The molecule has 0 fully saturated rings. The number of non-ortho nitro benzene ring substituents is 1. The number of amides is 1. The van der Waals surface area contributed by atoms with Gasteiger partial charge in [0.1, 0.15) is 18.1 Å². The van der Waals surface area contributed by atoms with Crippen LogP contribution in [0.3, 0.4) is 0 Å². The van der Waals surface area contributed by atoms with Gasteiger partial charge >= 0.3 is 5.97 Å². The van der Waals surface area contributed by atoms with Crippen molar-refractivity contribution in [1.29, 1.82) is 0 Å². The minimum atomic E-state index is -0.808. The number of nitro groups is 1. The fraction of sp³-hybridized carbons (Fsp3) is 0.200. The molecule has 3 aromatic rings. The van der Waals surface area contributed by atoms with Gasteiger partial charge in [-0.3, -0.25) is 14.9 Å². The molecule has 0 aliphatic rings. The summed E-state index contributed by atoms with van der Waals surface area (Å²) in [6.45, 7) is 6.07. The van der Waals surface area contributed by atoms with Gasteiger partial charge < -0.3 is 14.5 Å². The average Bonchev–Trinajstić information content (AvgIpc) is 3.30. The number of hydrogen-bond acceptors (Lipinski definition) is 6. The fourth-order valence-corrected chi connectivity index (χ4v) is 2.97. The van der Waals surface area contributed by atoms with E-state index in [9.17, 15) is 19.7 Å². The summed E-state index contributed by atoms with van der Waals surface area (Å²) in [6.07, 6.45) is 2.78. The van der Waals surface area contributed by atoms with Gasteiger partial charge in [-0.25, -0.2) is 4.79 Å². The second-order valence-corrected chi connectivity index (χ2v) is 8.35. The van der Waals surface area contributed by atoms with Gasteiger partial charge in [-0.05, 0) is 46.9 Å². The van der Waals surface area contributed by atoms with Crippen LogP contribution in [0.25, 0.3) is 6.08 Å². The van der Waals surface area contributed by atoms with Crippen molar-refractivity contribution in [3.8, 4) is 0 Å². The normalized spacial score (nSPS) is 11.7. The first-order valence-electron chi connectivity index (χ1n) is 10.2. The highest BCUT2D eigenvalue weighted by Gasteiger charge is 2.19. The largest absolute Gasteiger partial charge is 0.466 e. The van der Waals surface area contributed by atoms with Gasteiger partial charge in [0.15, 0.2) is 0 Å².